The Kier molecular flexibility index (Phi) is 9.50. The van der Waals surface area contributed by atoms with Crippen LogP contribution < -0.4 is 14.8 Å². The van der Waals surface area contributed by atoms with Crippen molar-refractivity contribution in [1.82, 2.24) is 20.1 Å². The van der Waals surface area contributed by atoms with Crippen molar-refractivity contribution in [3.63, 3.8) is 0 Å². The predicted molar refractivity (Wildman–Crippen MR) is 127 cm³/mol. The summed E-state index contributed by atoms with van der Waals surface area (Å²) in [4.78, 5) is 34.0. The van der Waals surface area contributed by atoms with E-state index in [4.69, 9.17) is 9.47 Å². The third kappa shape index (κ3) is 7.75. The van der Waals surface area contributed by atoms with Gasteiger partial charge >= 0.3 is 0 Å². The molecule has 0 bridgehead atoms. The van der Waals surface area contributed by atoms with Gasteiger partial charge in [0.1, 0.15) is 5.56 Å². The van der Waals surface area contributed by atoms with Crippen LogP contribution in [0, 0.1) is 0 Å². The molecule has 0 spiro atoms. The first-order valence-electron chi connectivity index (χ1n) is 11.6. The maximum Gasteiger partial charge on any atom is 0.259 e. The zero-order chi connectivity index (χ0) is 23.5. The number of para-hydroxylation sites is 2. The molecule has 33 heavy (non-hydrogen) atoms. The smallest absolute Gasteiger partial charge is 0.259 e. The van der Waals surface area contributed by atoms with Crippen LogP contribution >= 0.6 is 0 Å². The summed E-state index contributed by atoms with van der Waals surface area (Å²) in [7, 11) is 4.00. The summed E-state index contributed by atoms with van der Waals surface area (Å²) in [6, 6.07) is 10.8. The largest absolute Gasteiger partial charge is 0.490 e. The number of hydrogen-bond donors (Lipinski definition) is 1. The second kappa shape index (κ2) is 12.8. The fourth-order valence-electron chi connectivity index (χ4n) is 3.61. The predicted octanol–water partition coefficient (Wildman–Crippen LogP) is 3.34. The molecule has 0 unspecified atom stereocenters. The topological polar surface area (TPSA) is 84.0 Å². The van der Waals surface area contributed by atoms with Crippen molar-refractivity contribution in [2.45, 2.75) is 32.1 Å². The van der Waals surface area contributed by atoms with Crippen LogP contribution in [0.5, 0.6) is 17.4 Å². The second-order valence-corrected chi connectivity index (χ2v) is 8.40. The highest BCUT2D eigenvalue weighted by Crippen LogP contribution is 2.32. The molecule has 3 rings (SSSR count). The van der Waals surface area contributed by atoms with Gasteiger partial charge in [0, 0.05) is 19.3 Å². The van der Waals surface area contributed by atoms with E-state index in [0.29, 0.717) is 36.8 Å². The van der Waals surface area contributed by atoms with Crippen molar-refractivity contribution >= 4 is 11.8 Å². The van der Waals surface area contributed by atoms with Crippen molar-refractivity contribution in [2.75, 3.05) is 46.9 Å². The first-order chi connectivity index (χ1) is 16.0. The number of nitrogens with zero attached hydrogens (tertiary/aromatic N) is 3. The number of fused-ring (bicyclic) bond motifs is 2. The van der Waals surface area contributed by atoms with Gasteiger partial charge in [-0.3, -0.25) is 9.59 Å². The van der Waals surface area contributed by atoms with Crippen LogP contribution in [-0.2, 0) is 4.79 Å². The van der Waals surface area contributed by atoms with Gasteiger partial charge in [-0.25, -0.2) is 4.98 Å². The molecule has 0 fully saturated rings. The molecular formula is C25H34N4O4. The number of nitrogens with one attached hydrogen (secondary N) is 1. The van der Waals surface area contributed by atoms with E-state index in [1.54, 1.807) is 29.3 Å². The summed E-state index contributed by atoms with van der Waals surface area (Å²) in [6.07, 6.45) is 6.10. The van der Waals surface area contributed by atoms with Gasteiger partial charge in [-0.15, -0.1) is 0 Å². The molecule has 1 aromatic carbocycles. The number of carbonyl (C=O) groups is 2. The number of pyridine rings is 1. The standard InChI is InChI=1S/C25H34N4O4/c1-28(2)16-10-15-26-23(30)19-29-17-7-3-4-8-18-32-21-12-5-6-13-22(21)33-24-20(25(29)31)11-9-14-27-24/h5-6,9,11-14H,3-4,7-8,10,15-19H2,1-2H3,(H,26,30). The van der Waals surface area contributed by atoms with Gasteiger partial charge in [-0.2, -0.15) is 0 Å². The Morgan fingerprint density at radius 1 is 1.09 bits per heavy atom. The van der Waals surface area contributed by atoms with Crippen LogP contribution in [0.1, 0.15) is 42.5 Å². The van der Waals surface area contributed by atoms with Gasteiger partial charge in [-0.05, 0) is 64.2 Å². The van der Waals surface area contributed by atoms with Crippen LogP contribution in [0.2, 0.25) is 0 Å². The molecule has 0 radical (unpaired) electrons. The van der Waals surface area contributed by atoms with Gasteiger partial charge in [0.15, 0.2) is 11.5 Å². The van der Waals surface area contributed by atoms with Gasteiger partial charge in [0.25, 0.3) is 5.91 Å². The Labute approximate surface area is 195 Å². The lowest BCUT2D eigenvalue weighted by atomic mass is 10.1. The van der Waals surface area contributed by atoms with Crippen molar-refractivity contribution < 1.29 is 19.1 Å². The van der Waals surface area contributed by atoms with Crippen molar-refractivity contribution in [3.8, 4) is 17.4 Å². The minimum Gasteiger partial charge on any atom is -0.490 e. The maximum absolute atomic E-state index is 13.5. The van der Waals surface area contributed by atoms with Gasteiger partial charge < -0.3 is 24.6 Å². The maximum atomic E-state index is 13.5. The zero-order valence-electron chi connectivity index (χ0n) is 19.6. The third-order valence-corrected chi connectivity index (χ3v) is 5.36. The van der Waals surface area contributed by atoms with Crippen LogP contribution in [0.4, 0.5) is 0 Å². The average molecular weight is 455 g/mol. The normalized spacial score (nSPS) is 15.0. The molecule has 2 heterocycles. The minimum atomic E-state index is -0.267. The number of hydrogen-bond acceptors (Lipinski definition) is 6. The van der Waals surface area contributed by atoms with E-state index >= 15 is 0 Å². The lowest BCUT2D eigenvalue weighted by Gasteiger charge is -2.24. The first-order valence-corrected chi connectivity index (χ1v) is 11.6. The first kappa shape index (κ1) is 24.5. The summed E-state index contributed by atoms with van der Waals surface area (Å²) < 4.78 is 11.9. The van der Waals surface area contributed by atoms with E-state index in [2.05, 4.69) is 15.2 Å². The summed E-state index contributed by atoms with van der Waals surface area (Å²) in [6.45, 7) is 2.57. The molecule has 178 valence electrons. The quantitative estimate of drug-likeness (QED) is 0.674. The van der Waals surface area contributed by atoms with E-state index in [0.717, 1.165) is 38.6 Å². The highest BCUT2D eigenvalue weighted by atomic mass is 16.5. The van der Waals surface area contributed by atoms with Crippen LogP contribution in [-0.4, -0.2) is 73.5 Å². The highest BCUT2D eigenvalue weighted by Gasteiger charge is 2.23. The van der Waals surface area contributed by atoms with E-state index in [9.17, 15) is 9.59 Å². The van der Waals surface area contributed by atoms with Crippen molar-refractivity contribution in [1.29, 1.82) is 0 Å². The Bertz CT molecular complexity index is 919. The number of rotatable bonds is 6. The fraction of sp³-hybridized carbons (Fsp3) is 0.480. The Morgan fingerprint density at radius 3 is 2.70 bits per heavy atom. The van der Waals surface area contributed by atoms with Gasteiger partial charge in [0.05, 0.1) is 13.2 Å². The Balaban J connectivity index is 1.78. The number of aromatic nitrogens is 1. The lowest BCUT2D eigenvalue weighted by molar-refractivity contribution is -0.121. The summed E-state index contributed by atoms with van der Waals surface area (Å²) in [5, 5.41) is 2.92. The monoisotopic (exact) mass is 454 g/mol. The number of carbonyl (C=O) groups excluding carboxylic acids is 2. The molecule has 0 aliphatic carbocycles. The highest BCUT2D eigenvalue weighted by molar-refractivity contribution is 5.98. The molecule has 0 saturated carbocycles. The van der Waals surface area contributed by atoms with Crippen molar-refractivity contribution in [3.05, 3.63) is 48.2 Å². The SMILES string of the molecule is CN(C)CCCNC(=O)CN1CCCCCCOc2ccccc2Oc2ncccc2C1=O. The lowest BCUT2D eigenvalue weighted by Crippen LogP contribution is -2.42. The molecule has 2 amide bonds. The summed E-state index contributed by atoms with van der Waals surface area (Å²) >= 11 is 0. The molecule has 0 atom stereocenters. The Hall–Kier alpha value is -3.13. The van der Waals surface area contributed by atoms with Gasteiger partial charge in [0.2, 0.25) is 11.8 Å². The summed E-state index contributed by atoms with van der Waals surface area (Å²) in [5.74, 6) is 0.900. The van der Waals surface area contributed by atoms with E-state index in [1.165, 1.54) is 0 Å². The molecule has 8 heteroatoms. The van der Waals surface area contributed by atoms with Crippen LogP contribution in [0.25, 0.3) is 0 Å². The second-order valence-electron chi connectivity index (χ2n) is 8.40. The van der Waals surface area contributed by atoms with E-state index < -0.39 is 0 Å². The summed E-state index contributed by atoms with van der Waals surface area (Å²) in [5.41, 5.74) is 0.324. The molecular weight excluding hydrogens is 420 g/mol. The number of ether oxygens (including phenoxy) is 2. The Morgan fingerprint density at radius 2 is 1.88 bits per heavy atom. The minimum absolute atomic E-state index is 0.00876. The van der Waals surface area contributed by atoms with Gasteiger partial charge in [-0.1, -0.05) is 25.0 Å². The average Bonchev–Trinajstić information content (AvgIpc) is 2.81. The molecule has 8 nitrogen and oxygen atoms in total. The molecule has 2 aromatic rings. The van der Waals surface area contributed by atoms with Crippen LogP contribution in [0.15, 0.2) is 42.6 Å². The molecule has 1 aliphatic rings. The van der Waals surface area contributed by atoms with Crippen LogP contribution in [0.3, 0.4) is 0 Å². The molecule has 1 N–H and O–H groups in total. The molecule has 1 aromatic heterocycles. The fourth-order valence-corrected chi connectivity index (χ4v) is 3.61. The van der Waals surface area contributed by atoms with E-state index in [1.807, 2.05) is 32.3 Å². The zero-order valence-corrected chi connectivity index (χ0v) is 19.6. The van der Waals surface area contributed by atoms with Crippen molar-refractivity contribution in [2.24, 2.45) is 0 Å². The van der Waals surface area contributed by atoms with E-state index in [-0.39, 0.29) is 24.2 Å². The number of benzene rings is 1. The number of amides is 2. The molecule has 1 aliphatic heterocycles. The third-order valence-electron chi connectivity index (χ3n) is 5.36. The molecule has 0 saturated heterocycles.